The zero-order valence-electron chi connectivity index (χ0n) is 11.8. The highest BCUT2D eigenvalue weighted by Gasteiger charge is 2.37. The summed E-state index contributed by atoms with van der Waals surface area (Å²) in [6.45, 7) is 12.2. The van der Waals surface area contributed by atoms with Gasteiger partial charge in [0.15, 0.2) is 0 Å². The lowest BCUT2D eigenvalue weighted by atomic mass is 9.80. The first-order valence-corrected chi connectivity index (χ1v) is 6.15. The lowest BCUT2D eigenvalue weighted by Crippen LogP contribution is -2.45. The number of nitrogens with zero attached hydrogens (tertiary/aromatic N) is 1. The minimum Gasteiger partial charge on any atom is -0.142 e. The van der Waals surface area contributed by atoms with E-state index in [9.17, 15) is 5.21 Å². The normalized spacial score (nSPS) is 15.1. The Morgan fingerprint density at radius 2 is 1.41 bits per heavy atom. The van der Waals surface area contributed by atoms with Crippen molar-refractivity contribution in [3.05, 3.63) is 35.9 Å². The van der Waals surface area contributed by atoms with E-state index in [2.05, 4.69) is 20.8 Å². The average molecular weight is 234 g/mol. The van der Waals surface area contributed by atoms with Gasteiger partial charge in [-0.3, -0.25) is 0 Å². The molecule has 0 heterocycles. The molecule has 0 bridgehead atoms. The Morgan fingerprint density at radius 3 is 1.76 bits per heavy atom. The van der Waals surface area contributed by atoms with Gasteiger partial charge in [0, 0.05) is 5.54 Å². The predicted molar refractivity (Wildman–Crippen MR) is 70.9 cm³/mol. The average Bonchev–Trinajstić information content (AvgIpc) is 2.15. The molecule has 0 saturated carbocycles. The minimum absolute atomic E-state index is 0.0869. The molecule has 0 amide bonds. The lowest BCUT2D eigenvalue weighted by molar-refractivity contribution is -0.260. The van der Waals surface area contributed by atoms with Gasteiger partial charge in [-0.25, -0.2) is 0 Å². The van der Waals surface area contributed by atoms with E-state index in [4.69, 9.17) is 0 Å². The summed E-state index contributed by atoms with van der Waals surface area (Å²) in [6, 6.07) is 9.91. The summed E-state index contributed by atoms with van der Waals surface area (Å²) in [6.07, 6.45) is 0. The maximum atomic E-state index is 12.5. The van der Waals surface area contributed by atoms with Crippen LogP contribution < -0.4 is 0 Å². The van der Waals surface area contributed by atoms with Crippen molar-refractivity contribution in [3.8, 4) is 0 Å². The van der Waals surface area contributed by atoms with Gasteiger partial charge in [-0.15, -0.1) is 10.3 Å². The van der Waals surface area contributed by atoms with Crippen LogP contribution in [0.3, 0.4) is 0 Å². The molecule has 2 heteroatoms. The van der Waals surface area contributed by atoms with Gasteiger partial charge >= 0.3 is 0 Å². The molecule has 1 aromatic carbocycles. The molecule has 1 atom stereocenters. The molecular weight excluding hydrogens is 210 g/mol. The second-order valence-corrected chi connectivity index (χ2v) is 6.68. The maximum Gasteiger partial charge on any atom is 0.0687 e. The molecule has 1 unspecified atom stereocenters. The summed E-state index contributed by atoms with van der Waals surface area (Å²) in [4.78, 5) is 0. The fourth-order valence-electron chi connectivity index (χ4n) is 2.01. The van der Waals surface area contributed by atoms with Crippen molar-refractivity contribution in [2.45, 2.75) is 53.1 Å². The molecule has 0 spiro atoms. The van der Waals surface area contributed by atoms with Gasteiger partial charge in [-0.2, -0.15) is 0 Å². The van der Waals surface area contributed by atoms with Crippen LogP contribution in [0.15, 0.2) is 30.3 Å². The summed E-state index contributed by atoms with van der Waals surface area (Å²) < 4.78 is 0. The number of hydrogen-bond acceptors (Lipinski definition) is 1. The molecule has 0 saturated heterocycles. The van der Waals surface area contributed by atoms with Crippen LogP contribution >= 0.6 is 0 Å². The lowest BCUT2D eigenvalue weighted by Gasteiger charge is -2.41. The van der Waals surface area contributed by atoms with E-state index in [-0.39, 0.29) is 17.0 Å². The molecule has 0 aliphatic heterocycles. The topological polar surface area (TPSA) is 23.1 Å². The predicted octanol–water partition coefficient (Wildman–Crippen LogP) is 4.22. The summed E-state index contributed by atoms with van der Waals surface area (Å²) in [5, 5.41) is 13.8. The quantitative estimate of drug-likeness (QED) is 0.703. The van der Waals surface area contributed by atoms with Crippen LogP contribution in [0.5, 0.6) is 0 Å². The molecule has 0 fully saturated rings. The van der Waals surface area contributed by atoms with Gasteiger partial charge in [0.05, 0.1) is 6.04 Å². The molecule has 17 heavy (non-hydrogen) atoms. The largest absolute Gasteiger partial charge is 0.142 e. The van der Waals surface area contributed by atoms with Gasteiger partial charge in [0.2, 0.25) is 0 Å². The minimum atomic E-state index is -0.381. The van der Waals surface area contributed by atoms with Crippen LogP contribution in [0.2, 0.25) is 0 Å². The van der Waals surface area contributed by atoms with Crippen LogP contribution in [0.1, 0.15) is 53.1 Å². The van der Waals surface area contributed by atoms with E-state index in [1.54, 1.807) is 0 Å². The third kappa shape index (κ3) is 3.55. The molecule has 0 aliphatic rings. The van der Waals surface area contributed by atoms with Crippen molar-refractivity contribution >= 4 is 0 Å². The van der Waals surface area contributed by atoms with Crippen LogP contribution in [0.25, 0.3) is 0 Å². The Kier molecular flexibility index (Phi) is 4.00. The number of hydrogen-bond donors (Lipinski definition) is 0. The van der Waals surface area contributed by atoms with Gasteiger partial charge in [-0.05, 0) is 31.7 Å². The van der Waals surface area contributed by atoms with Gasteiger partial charge in [0.1, 0.15) is 0 Å². The third-order valence-corrected chi connectivity index (χ3v) is 2.83. The van der Waals surface area contributed by atoms with E-state index in [0.717, 1.165) is 5.56 Å². The summed E-state index contributed by atoms with van der Waals surface area (Å²) in [7, 11) is 0. The monoisotopic (exact) mass is 234 g/mol. The van der Waals surface area contributed by atoms with Crippen LogP contribution in [-0.2, 0) is 5.21 Å². The van der Waals surface area contributed by atoms with Crippen molar-refractivity contribution < 1.29 is 5.21 Å². The Balaban J connectivity index is 3.15. The van der Waals surface area contributed by atoms with Crippen molar-refractivity contribution in [3.63, 3.8) is 0 Å². The molecular formula is C15H24NO. The molecule has 1 rings (SSSR count). The first kappa shape index (κ1) is 14.2. The molecule has 0 aliphatic carbocycles. The Morgan fingerprint density at radius 1 is 0.941 bits per heavy atom. The van der Waals surface area contributed by atoms with E-state index >= 15 is 0 Å². The highest BCUT2D eigenvalue weighted by Crippen LogP contribution is 2.40. The van der Waals surface area contributed by atoms with E-state index in [1.165, 1.54) is 5.06 Å². The number of rotatable bonds is 2. The molecule has 0 aromatic heterocycles. The third-order valence-electron chi connectivity index (χ3n) is 2.83. The van der Waals surface area contributed by atoms with Crippen LogP contribution in [-0.4, -0.2) is 10.6 Å². The van der Waals surface area contributed by atoms with Gasteiger partial charge in [0.25, 0.3) is 0 Å². The maximum absolute atomic E-state index is 12.5. The molecule has 2 nitrogen and oxygen atoms in total. The van der Waals surface area contributed by atoms with Crippen molar-refractivity contribution in [1.82, 2.24) is 5.06 Å². The summed E-state index contributed by atoms with van der Waals surface area (Å²) in [5.74, 6) is 0. The van der Waals surface area contributed by atoms with E-state index in [1.807, 2.05) is 51.1 Å². The first-order chi connectivity index (χ1) is 7.64. The number of benzene rings is 1. The second kappa shape index (κ2) is 4.79. The van der Waals surface area contributed by atoms with Crippen LogP contribution in [0.4, 0.5) is 0 Å². The molecule has 0 N–H and O–H groups in total. The summed E-state index contributed by atoms with van der Waals surface area (Å²) >= 11 is 0. The van der Waals surface area contributed by atoms with E-state index in [0.29, 0.717) is 0 Å². The summed E-state index contributed by atoms with van der Waals surface area (Å²) in [5.41, 5.74) is 0.620. The van der Waals surface area contributed by atoms with Gasteiger partial charge in [-0.1, -0.05) is 51.1 Å². The first-order valence-electron chi connectivity index (χ1n) is 6.15. The highest BCUT2D eigenvalue weighted by atomic mass is 16.5. The van der Waals surface area contributed by atoms with Crippen LogP contribution in [0, 0.1) is 5.41 Å². The van der Waals surface area contributed by atoms with Crippen molar-refractivity contribution in [2.24, 2.45) is 5.41 Å². The Hall–Kier alpha value is -0.860. The number of hydroxylamine groups is 2. The van der Waals surface area contributed by atoms with Gasteiger partial charge < -0.3 is 0 Å². The Labute approximate surface area is 105 Å². The van der Waals surface area contributed by atoms with Crippen molar-refractivity contribution in [1.29, 1.82) is 0 Å². The smallest absolute Gasteiger partial charge is 0.0687 e. The molecule has 1 radical (unpaired) electrons. The highest BCUT2D eigenvalue weighted by molar-refractivity contribution is 5.21. The molecule has 95 valence electrons. The standard InChI is InChI=1S/C15H24NO/c1-14(2,3)13(16(17)15(4,5)6)12-10-8-7-9-11-12/h7-11,13H,1-6H3. The fourth-order valence-corrected chi connectivity index (χ4v) is 2.01. The second-order valence-electron chi connectivity index (χ2n) is 6.68. The van der Waals surface area contributed by atoms with Crippen molar-refractivity contribution in [2.75, 3.05) is 0 Å². The fraction of sp³-hybridized carbons (Fsp3) is 0.600. The van der Waals surface area contributed by atoms with E-state index < -0.39 is 0 Å². The Bertz CT molecular complexity index is 345. The molecule has 1 aromatic rings. The SMILES string of the molecule is CC(C)(C)C(c1ccccc1)N([O])C(C)(C)C. The zero-order valence-corrected chi connectivity index (χ0v) is 11.8. The zero-order chi connectivity index (χ0) is 13.3.